The predicted molar refractivity (Wildman–Crippen MR) is 86.1 cm³/mol. The maximum absolute atomic E-state index is 4.38. The zero-order valence-corrected chi connectivity index (χ0v) is 14.1. The van der Waals surface area contributed by atoms with Crippen LogP contribution < -0.4 is 5.32 Å². The molecule has 5 heteroatoms. The van der Waals surface area contributed by atoms with Gasteiger partial charge in [0, 0.05) is 18.6 Å². The summed E-state index contributed by atoms with van der Waals surface area (Å²) in [5, 5.41) is 7.93. The molecule has 1 fully saturated rings. The second-order valence-electron chi connectivity index (χ2n) is 6.82. The Balaban J connectivity index is 1.92. The summed E-state index contributed by atoms with van der Waals surface area (Å²) in [6.07, 6.45) is 8.05. The van der Waals surface area contributed by atoms with E-state index in [1.165, 1.54) is 25.7 Å². The van der Waals surface area contributed by atoms with Gasteiger partial charge in [0.15, 0.2) is 0 Å². The molecule has 0 spiro atoms. The normalized spacial score (nSPS) is 26.4. The SMILES string of the molecule is CCCn1ncnc1CNCC1(N(C)C)CCCC(C)C1. The Bertz CT molecular complexity index is 428. The average molecular weight is 293 g/mol. The zero-order valence-electron chi connectivity index (χ0n) is 14.1. The first-order valence-corrected chi connectivity index (χ1v) is 8.32. The van der Waals surface area contributed by atoms with Crippen LogP contribution in [0.1, 0.15) is 51.8 Å². The molecule has 2 unspecified atom stereocenters. The van der Waals surface area contributed by atoms with Gasteiger partial charge < -0.3 is 10.2 Å². The van der Waals surface area contributed by atoms with Crippen LogP contribution >= 0.6 is 0 Å². The minimum atomic E-state index is 0.299. The smallest absolute Gasteiger partial charge is 0.140 e. The molecule has 0 aliphatic heterocycles. The first kappa shape index (κ1) is 16.4. The largest absolute Gasteiger partial charge is 0.308 e. The molecule has 1 aromatic heterocycles. The van der Waals surface area contributed by atoms with Gasteiger partial charge in [-0.3, -0.25) is 0 Å². The van der Waals surface area contributed by atoms with Crippen LogP contribution in [0.15, 0.2) is 6.33 Å². The average Bonchev–Trinajstić information content (AvgIpc) is 2.87. The Morgan fingerprint density at radius 1 is 1.48 bits per heavy atom. The van der Waals surface area contributed by atoms with Crippen molar-refractivity contribution in [2.45, 2.75) is 64.6 Å². The van der Waals surface area contributed by atoms with E-state index in [2.05, 4.69) is 48.2 Å². The molecule has 0 saturated heterocycles. The molecular formula is C16H31N5. The van der Waals surface area contributed by atoms with Crippen molar-refractivity contribution in [1.29, 1.82) is 0 Å². The van der Waals surface area contributed by atoms with E-state index in [1.807, 2.05) is 4.68 Å². The Kier molecular flexibility index (Phi) is 5.76. The number of rotatable bonds is 7. The van der Waals surface area contributed by atoms with Gasteiger partial charge in [-0.15, -0.1) is 0 Å². The second-order valence-corrected chi connectivity index (χ2v) is 6.82. The number of hydrogen-bond donors (Lipinski definition) is 1. The quantitative estimate of drug-likeness (QED) is 0.838. The highest BCUT2D eigenvalue weighted by molar-refractivity contribution is 4.95. The summed E-state index contributed by atoms with van der Waals surface area (Å²) in [5.41, 5.74) is 0.299. The summed E-state index contributed by atoms with van der Waals surface area (Å²) >= 11 is 0. The van der Waals surface area contributed by atoms with E-state index >= 15 is 0 Å². The minimum absolute atomic E-state index is 0.299. The van der Waals surface area contributed by atoms with Gasteiger partial charge in [0.1, 0.15) is 12.2 Å². The molecule has 5 nitrogen and oxygen atoms in total. The standard InChI is InChI=1S/C16H31N5/c1-5-9-21-15(18-13-19-21)11-17-12-16(20(3)4)8-6-7-14(2)10-16/h13-14,17H,5-12H2,1-4H3. The Hall–Kier alpha value is -0.940. The lowest BCUT2D eigenvalue weighted by Crippen LogP contribution is -2.54. The maximum atomic E-state index is 4.38. The van der Waals surface area contributed by atoms with Gasteiger partial charge in [-0.25, -0.2) is 9.67 Å². The van der Waals surface area contributed by atoms with Crippen molar-refractivity contribution in [2.24, 2.45) is 5.92 Å². The van der Waals surface area contributed by atoms with Crippen molar-refractivity contribution < 1.29 is 0 Å². The molecule has 1 N–H and O–H groups in total. The van der Waals surface area contributed by atoms with Crippen molar-refractivity contribution in [3.8, 4) is 0 Å². The van der Waals surface area contributed by atoms with Crippen molar-refractivity contribution >= 4 is 0 Å². The van der Waals surface area contributed by atoms with E-state index < -0.39 is 0 Å². The number of hydrogen-bond acceptors (Lipinski definition) is 4. The van der Waals surface area contributed by atoms with E-state index in [4.69, 9.17) is 0 Å². The highest BCUT2D eigenvalue weighted by Gasteiger charge is 2.36. The molecule has 1 aliphatic rings. The molecule has 120 valence electrons. The fourth-order valence-corrected chi connectivity index (χ4v) is 3.59. The first-order valence-electron chi connectivity index (χ1n) is 8.32. The summed E-state index contributed by atoms with van der Waals surface area (Å²) in [7, 11) is 4.44. The van der Waals surface area contributed by atoms with Crippen molar-refractivity contribution in [2.75, 3.05) is 20.6 Å². The van der Waals surface area contributed by atoms with E-state index in [0.717, 1.165) is 37.8 Å². The molecule has 0 radical (unpaired) electrons. The number of nitrogens with zero attached hydrogens (tertiary/aromatic N) is 4. The predicted octanol–water partition coefficient (Wildman–Crippen LogP) is 2.29. The lowest BCUT2D eigenvalue weighted by molar-refractivity contribution is 0.0747. The van der Waals surface area contributed by atoms with Gasteiger partial charge in [0.05, 0.1) is 6.54 Å². The lowest BCUT2D eigenvalue weighted by atomic mass is 9.75. The van der Waals surface area contributed by atoms with Crippen LogP contribution in [-0.2, 0) is 13.1 Å². The summed E-state index contributed by atoms with van der Waals surface area (Å²) in [6.45, 7) is 7.35. The number of aryl methyl sites for hydroxylation is 1. The molecule has 2 rings (SSSR count). The van der Waals surface area contributed by atoms with E-state index in [-0.39, 0.29) is 0 Å². The molecule has 21 heavy (non-hydrogen) atoms. The zero-order chi connectivity index (χ0) is 15.3. The molecule has 0 bridgehead atoms. The number of likely N-dealkylation sites (N-methyl/N-ethyl adjacent to an activating group) is 1. The van der Waals surface area contributed by atoms with Crippen LogP contribution in [0.25, 0.3) is 0 Å². The van der Waals surface area contributed by atoms with Gasteiger partial charge in [0.2, 0.25) is 0 Å². The Labute approximate surface area is 129 Å². The molecule has 0 amide bonds. The van der Waals surface area contributed by atoms with Crippen LogP contribution in [0.5, 0.6) is 0 Å². The van der Waals surface area contributed by atoms with Gasteiger partial charge in [-0.05, 0) is 39.3 Å². The number of nitrogens with one attached hydrogen (secondary N) is 1. The third kappa shape index (κ3) is 4.04. The van der Waals surface area contributed by atoms with Gasteiger partial charge in [-0.1, -0.05) is 26.7 Å². The summed E-state index contributed by atoms with van der Waals surface area (Å²) in [5.74, 6) is 1.88. The molecule has 1 aromatic rings. The van der Waals surface area contributed by atoms with Gasteiger partial charge in [-0.2, -0.15) is 5.10 Å². The molecular weight excluding hydrogens is 262 g/mol. The van der Waals surface area contributed by atoms with Gasteiger partial charge >= 0.3 is 0 Å². The van der Waals surface area contributed by atoms with Crippen molar-refractivity contribution in [3.63, 3.8) is 0 Å². The van der Waals surface area contributed by atoms with E-state index in [9.17, 15) is 0 Å². The fourth-order valence-electron chi connectivity index (χ4n) is 3.59. The Morgan fingerprint density at radius 3 is 2.95 bits per heavy atom. The van der Waals surface area contributed by atoms with Crippen LogP contribution in [0, 0.1) is 5.92 Å². The van der Waals surface area contributed by atoms with Crippen LogP contribution in [0.3, 0.4) is 0 Å². The van der Waals surface area contributed by atoms with E-state index in [0.29, 0.717) is 5.54 Å². The lowest BCUT2D eigenvalue weighted by Gasteiger charge is -2.45. The molecule has 1 saturated carbocycles. The molecule has 1 aliphatic carbocycles. The highest BCUT2D eigenvalue weighted by atomic mass is 15.3. The Morgan fingerprint density at radius 2 is 2.29 bits per heavy atom. The summed E-state index contributed by atoms with van der Waals surface area (Å²) < 4.78 is 2.01. The van der Waals surface area contributed by atoms with Crippen molar-refractivity contribution in [1.82, 2.24) is 25.0 Å². The maximum Gasteiger partial charge on any atom is 0.140 e. The summed E-state index contributed by atoms with van der Waals surface area (Å²) in [4.78, 5) is 6.80. The first-order chi connectivity index (χ1) is 10.1. The topological polar surface area (TPSA) is 46.0 Å². The van der Waals surface area contributed by atoms with Crippen LogP contribution in [-0.4, -0.2) is 45.8 Å². The molecule has 1 heterocycles. The molecule has 0 aromatic carbocycles. The fraction of sp³-hybridized carbons (Fsp3) is 0.875. The van der Waals surface area contributed by atoms with Crippen molar-refractivity contribution in [3.05, 3.63) is 12.2 Å². The monoisotopic (exact) mass is 293 g/mol. The third-order valence-corrected chi connectivity index (χ3v) is 4.88. The third-order valence-electron chi connectivity index (χ3n) is 4.88. The minimum Gasteiger partial charge on any atom is -0.308 e. The van der Waals surface area contributed by atoms with Crippen LogP contribution in [0.4, 0.5) is 0 Å². The molecule has 2 atom stereocenters. The second kappa shape index (κ2) is 7.36. The van der Waals surface area contributed by atoms with E-state index in [1.54, 1.807) is 6.33 Å². The van der Waals surface area contributed by atoms with Crippen LogP contribution in [0.2, 0.25) is 0 Å². The number of aromatic nitrogens is 3. The summed E-state index contributed by atoms with van der Waals surface area (Å²) in [6, 6.07) is 0. The highest BCUT2D eigenvalue weighted by Crippen LogP contribution is 2.35. The van der Waals surface area contributed by atoms with Gasteiger partial charge in [0.25, 0.3) is 0 Å².